The molecule has 0 bridgehead atoms. The second kappa shape index (κ2) is 9.89. The minimum absolute atomic E-state index is 0.0785. The second-order valence-electron chi connectivity index (χ2n) is 7.20. The van der Waals surface area contributed by atoms with Crippen LogP contribution in [-0.2, 0) is 32.0 Å². The maximum atomic E-state index is 12.4. The number of hydrogen-bond donors (Lipinski definition) is 1. The third-order valence-electron chi connectivity index (χ3n) is 5.21. The van der Waals surface area contributed by atoms with Crippen molar-refractivity contribution in [3.8, 4) is 0 Å². The van der Waals surface area contributed by atoms with Gasteiger partial charge >= 0.3 is 5.97 Å². The van der Waals surface area contributed by atoms with Crippen LogP contribution in [0, 0.1) is 5.92 Å². The highest BCUT2D eigenvalue weighted by Crippen LogP contribution is 2.27. The number of anilines is 2. The Morgan fingerprint density at radius 2 is 1.73 bits per heavy atom. The Morgan fingerprint density at radius 3 is 2.33 bits per heavy atom. The van der Waals surface area contributed by atoms with Gasteiger partial charge in [0.25, 0.3) is 5.91 Å². The van der Waals surface area contributed by atoms with E-state index in [1.54, 1.807) is 4.90 Å². The molecule has 1 aliphatic heterocycles. The van der Waals surface area contributed by atoms with Crippen molar-refractivity contribution in [1.82, 2.24) is 0 Å². The van der Waals surface area contributed by atoms with Crippen LogP contribution in [0.15, 0.2) is 46.9 Å². The van der Waals surface area contributed by atoms with Crippen LogP contribution in [0.4, 0.5) is 11.4 Å². The maximum Gasteiger partial charge on any atom is 0.311 e. The predicted molar refractivity (Wildman–Crippen MR) is 119 cm³/mol. The van der Waals surface area contributed by atoms with E-state index >= 15 is 0 Å². The van der Waals surface area contributed by atoms with Crippen LogP contribution in [0.2, 0.25) is 0 Å². The van der Waals surface area contributed by atoms with Gasteiger partial charge in [-0.2, -0.15) is 0 Å². The van der Waals surface area contributed by atoms with Crippen molar-refractivity contribution >= 4 is 45.1 Å². The number of carbonyl (C=O) groups excluding carboxylic acids is 3. The molecule has 1 fully saturated rings. The smallest absolute Gasteiger partial charge is 0.311 e. The summed E-state index contributed by atoms with van der Waals surface area (Å²) >= 11 is 3.36. The van der Waals surface area contributed by atoms with Gasteiger partial charge in [-0.3, -0.25) is 14.4 Å². The lowest BCUT2D eigenvalue weighted by atomic mass is 10.0. The minimum Gasteiger partial charge on any atom is -0.455 e. The number of rotatable bonds is 7. The van der Waals surface area contributed by atoms with Gasteiger partial charge in [-0.05, 0) is 48.2 Å². The molecule has 0 unspecified atom stereocenters. The lowest BCUT2D eigenvalue weighted by molar-refractivity contribution is -0.151. The number of carbonyl (C=O) groups is 3. The van der Waals surface area contributed by atoms with Gasteiger partial charge in [0.15, 0.2) is 6.61 Å². The van der Waals surface area contributed by atoms with E-state index in [0.717, 1.165) is 39.8 Å². The zero-order valence-corrected chi connectivity index (χ0v) is 18.7. The molecule has 7 heteroatoms. The lowest BCUT2D eigenvalue weighted by Crippen LogP contribution is -2.28. The zero-order chi connectivity index (χ0) is 21.7. The van der Waals surface area contributed by atoms with Crippen molar-refractivity contribution in [3.63, 3.8) is 0 Å². The fourth-order valence-electron chi connectivity index (χ4n) is 3.57. The molecule has 2 aromatic rings. The first kappa shape index (κ1) is 22.0. The van der Waals surface area contributed by atoms with Gasteiger partial charge in [-0.15, -0.1) is 0 Å². The molecule has 0 aromatic heterocycles. The molecule has 2 amide bonds. The topological polar surface area (TPSA) is 75.7 Å². The van der Waals surface area contributed by atoms with Gasteiger partial charge in [-0.25, -0.2) is 0 Å². The van der Waals surface area contributed by atoms with Crippen LogP contribution in [0.1, 0.15) is 31.4 Å². The number of ether oxygens (including phenoxy) is 1. The third-order valence-corrected chi connectivity index (χ3v) is 5.73. The van der Waals surface area contributed by atoms with Crippen molar-refractivity contribution < 1.29 is 19.1 Å². The Bertz CT molecular complexity index is 920. The molecule has 30 heavy (non-hydrogen) atoms. The summed E-state index contributed by atoms with van der Waals surface area (Å²) in [4.78, 5) is 38.7. The molecule has 2 aromatic carbocycles. The summed E-state index contributed by atoms with van der Waals surface area (Å²) in [5, 5.41) is 2.88. The van der Waals surface area contributed by atoms with E-state index in [1.165, 1.54) is 0 Å². The molecular formula is C23H25BrN2O4. The number of halogens is 1. The summed E-state index contributed by atoms with van der Waals surface area (Å²) in [7, 11) is 0. The molecular weight excluding hydrogens is 448 g/mol. The van der Waals surface area contributed by atoms with Crippen LogP contribution in [0.3, 0.4) is 0 Å². The molecule has 1 saturated heterocycles. The van der Waals surface area contributed by atoms with Gasteiger partial charge in [0.05, 0.1) is 5.92 Å². The monoisotopic (exact) mass is 472 g/mol. The Morgan fingerprint density at radius 1 is 1.10 bits per heavy atom. The van der Waals surface area contributed by atoms with Gasteiger partial charge in [0, 0.05) is 28.8 Å². The molecule has 0 spiro atoms. The number of amides is 2. The maximum absolute atomic E-state index is 12.4. The average Bonchev–Trinajstić information content (AvgIpc) is 3.14. The van der Waals surface area contributed by atoms with Crippen molar-refractivity contribution in [2.75, 3.05) is 23.4 Å². The number of para-hydroxylation sites is 1. The molecule has 6 nitrogen and oxygen atoms in total. The Kier molecular flexibility index (Phi) is 7.26. The number of hydrogen-bond acceptors (Lipinski definition) is 4. The zero-order valence-electron chi connectivity index (χ0n) is 17.1. The van der Waals surface area contributed by atoms with Crippen molar-refractivity contribution in [3.05, 3.63) is 58.1 Å². The van der Waals surface area contributed by atoms with Gasteiger partial charge in [0.1, 0.15) is 0 Å². The summed E-state index contributed by atoms with van der Waals surface area (Å²) in [5.41, 5.74) is 3.61. The molecule has 158 valence electrons. The quantitative estimate of drug-likeness (QED) is 0.615. The Balaban J connectivity index is 1.57. The molecule has 1 N–H and O–H groups in total. The van der Waals surface area contributed by atoms with Gasteiger partial charge in [-0.1, -0.05) is 48.0 Å². The normalized spacial score (nSPS) is 15.9. The highest BCUT2D eigenvalue weighted by molar-refractivity contribution is 9.10. The number of benzene rings is 2. The molecule has 3 rings (SSSR count). The molecule has 1 heterocycles. The van der Waals surface area contributed by atoms with Crippen LogP contribution in [0.25, 0.3) is 0 Å². The van der Waals surface area contributed by atoms with Crippen molar-refractivity contribution in [1.29, 1.82) is 0 Å². The number of nitrogens with zero attached hydrogens (tertiary/aromatic N) is 1. The third kappa shape index (κ3) is 5.08. The first-order chi connectivity index (χ1) is 14.4. The fraction of sp³-hybridized carbons (Fsp3) is 0.348. The first-order valence-electron chi connectivity index (χ1n) is 10.1. The minimum atomic E-state index is -0.580. The number of nitrogens with one attached hydrogen (secondary N) is 1. The van der Waals surface area contributed by atoms with Crippen molar-refractivity contribution in [2.45, 2.75) is 33.1 Å². The average molecular weight is 473 g/mol. The molecule has 0 radical (unpaired) electrons. The standard InChI is InChI=1S/C23H25BrN2O4/c1-3-15-6-5-7-16(4-2)22(15)25-20(27)14-30-23(29)17-12-21(28)26(13-17)19-10-8-18(24)9-11-19/h5-11,17H,3-4,12-14H2,1-2H3,(H,25,27)/t17-/m1/s1. The molecule has 0 aliphatic carbocycles. The SMILES string of the molecule is CCc1cccc(CC)c1NC(=O)COC(=O)[C@@H]1CC(=O)N(c2ccc(Br)cc2)C1. The summed E-state index contributed by atoms with van der Waals surface area (Å²) in [6.45, 7) is 3.93. The summed E-state index contributed by atoms with van der Waals surface area (Å²) in [6.07, 6.45) is 1.66. The number of esters is 1. The first-order valence-corrected chi connectivity index (χ1v) is 10.8. The Labute approximate surface area is 184 Å². The highest BCUT2D eigenvalue weighted by Gasteiger charge is 2.36. The van der Waals surface area contributed by atoms with Gasteiger partial charge in [0.2, 0.25) is 5.91 Å². The second-order valence-corrected chi connectivity index (χ2v) is 8.11. The van der Waals surface area contributed by atoms with E-state index in [-0.39, 0.29) is 31.4 Å². The Hall–Kier alpha value is -2.67. The highest BCUT2D eigenvalue weighted by atomic mass is 79.9. The summed E-state index contributed by atoms with van der Waals surface area (Å²) < 4.78 is 6.13. The van der Waals surface area contributed by atoms with E-state index in [1.807, 2.05) is 56.3 Å². The summed E-state index contributed by atoms with van der Waals surface area (Å²) in [6, 6.07) is 13.2. The van der Waals surface area contributed by atoms with E-state index in [2.05, 4.69) is 21.2 Å². The molecule has 0 saturated carbocycles. The van der Waals surface area contributed by atoms with Crippen LogP contribution >= 0.6 is 15.9 Å². The van der Waals surface area contributed by atoms with E-state index in [0.29, 0.717) is 0 Å². The lowest BCUT2D eigenvalue weighted by Gasteiger charge is -2.17. The number of aryl methyl sites for hydroxylation is 2. The van der Waals surface area contributed by atoms with E-state index < -0.39 is 11.9 Å². The molecule has 1 atom stereocenters. The van der Waals surface area contributed by atoms with E-state index in [9.17, 15) is 14.4 Å². The van der Waals surface area contributed by atoms with Crippen LogP contribution < -0.4 is 10.2 Å². The summed E-state index contributed by atoms with van der Waals surface area (Å²) in [5.74, 6) is -1.62. The molecule has 1 aliphatic rings. The van der Waals surface area contributed by atoms with E-state index in [4.69, 9.17) is 4.74 Å². The predicted octanol–water partition coefficient (Wildman–Crippen LogP) is 4.11. The van der Waals surface area contributed by atoms with Crippen LogP contribution in [0.5, 0.6) is 0 Å². The van der Waals surface area contributed by atoms with Crippen LogP contribution in [-0.4, -0.2) is 30.9 Å². The fourth-order valence-corrected chi connectivity index (χ4v) is 3.83. The van der Waals surface area contributed by atoms with Crippen molar-refractivity contribution in [2.24, 2.45) is 5.92 Å². The van der Waals surface area contributed by atoms with Gasteiger partial charge < -0.3 is 15.0 Å². The largest absolute Gasteiger partial charge is 0.455 e.